The minimum atomic E-state index is -0.692. The molecular formula is C35H50N2O6. The lowest BCUT2D eigenvalue weighted by Gasteiger charge is -2.43. The number of imide groups is 1. The van der Waals surface area contributed by atoms with Crippen LogP contribution in [0.4, 0.5) is 4.79 Å². The lowest BCUT2D eigenvalue weighted by atomic mass is 9.88. The fourth-order valence-electron chi connectivity index (χ4n) is 6.26. The Balaban J connectivity index is 1.78. The Labute approximate surface area is 257 Å². The molecule has 2 aromatic rings. The van der Waals surface area contributed by atoms with Gasteiger partial charge in [-0.25, -0.2) is 9.69 Å². The molecule has 0 spiro atoms. The fourth-order valence-corrected chi connectivity index (χ4v) is 6.26. The zero-order valence-electron chi connectivity index (χ0n) is 27.5. The number of methoxy groups -OCH3 is 1. The zero-order valence-corrected chi connectivity index (χ0v) is 27.5. The number of nitrogens with zero attached hydrogens (tertiary/aromatic N) is 2. The Morgan fingerprint density at radius 3 is 1.91 bits per heavy atom. The third kappa shape index (κ3) is 8.03. The van der Waals surface area contributed by atoms with E-state index in [1.165, 1.54) is 7.05 Å². The van der Waals surface area contributed by atoms with Crippen molar-refractivity contribution in [1.29, 1.82) is 0 Å². The van der Waals surface area contributed by atoms with Crippen molar-refractivity contribution in [3.63, 3.8) is 0 Å². The van der Waals surface area contributed by atoms with Crippen LogP contribution in [0.3, 0.4) is 0 Å². The third-order valence-electron chi connectivity index (χ3n) is 8.43. The number of ether oxygens (including phenoxy) is 3. The molecule has 2 aromatic carbocycles. The molecule has 4 atom stereocenters. The summed E-state index contributed by atoms with van der Waals surface area (Å²) < 4.78 is 17.2. The normalized spacial score (nSPS) is 15.8. The summed E-state index contributed by atoms with van der Waals surface area (Å²) in [7, 11) is 4.91. The number of benzene rings is 2. The van der Waals surface area contributed by atoms with Crippen molar-refractivity contribution < 1.29 is 28.6 Å². The number of likely N-dealkylation sites (N-methyl/N-ethyl adjacent to an activating group) is 2. The van der Waals surface area contributed by atoms with Crippen LogP contribution in [-0.2, 0) is 23.8 Å². The van der Waals surface area contributed by atoms with Gasteiger partial charge < -0.3 is 14.2 Å². The van der Waals surface area contributed by atoms with E-state index in [-0.39, 0.29) is 48.7 Å². The summed E-state index contributed by atoms with van der Waals surface area (Å²) in [6, 6.07) is 15.3. The summed E-state index contributed by atoms with van der Waals surface area (Å²) in [6.45, 7) is 13.7. The van der Waals surface area contributed by atoms with Crippen molar-refractivity contribution in [1.82, 2.24) is 9.80 Å². The molecule has 1 aliphatic carbocycles. The second-order valence-electron chi connectivity index (χ2n) is 13.0. The smallest absolute Gasteiger partial charge is 0.416 e. The monoisotopic (exact) mass is 594 g/mol. The number of carbonyl (C=O) groups is 3. The summed E-state index contributed by atoms with van der Waals surface area (Å²) in [6.07, 6.45) is -0.342. The van der Waals surface area contributed by atoms with Gasteiger partial charge in [-0.1, -0.05) is 82.6 Å². The minimum absolute atomic E-state index is 0.0499. The Hall–Kier alpha value is -3.23. The molecule has 0 fully saturated rings. The van der Waals surface area contributed by atoms with Crippen LogP contribution in [0.25, 0.3) is 11.1 Å². The van der Waals surface area contributed by atoms with Gasteiger partial charge in [0.25, 0.3) is 0 Å². The van der Waals surface area contributed by atoms with Gasteiger partial charge in [-0.15, -0.1) is 0 Å². The van der Waals surface area contributed by atoms with E-state index in [2.05, 4.69) is 38.1 Å². The maximum atomic E-state index is 13.9. The van der Waals surface area contributed by atoms with Gasteiger partial charge in [-0.3, -0.25) is 14.5 Å². The molecule has 0 N–H and O–H groups in total. The number of carbonyl (C=O) groups excluding carboxylic acids is 3. The Morgan fingerprint density at radius 2 is 1.44 bits per heavy atom. The Kier molecular flexibility index (Phi) is 11.6. The molecule has 0 bridgehead atoms. The van der Waals surface area contributed by atoms with Crippen molar-refractivity contribution >= 4 is 18.0 Å². The van der Waals surface area contributed by atoms with E-state index in [0.717, 1.165) is 33.6 Å². The van der Waals surface area contributed by atoms with Gasteiger partial charge in [0, 0.05) is 26.1 Å². The first-order valence-electron chi connectivity index (χ1n) is 15.3. The van der Waals surface area contributed by atoms with E-state index < -0.39 is 23.8 Å². The number of esters is 1. The van der Waals surface area contributed by atoms with Gasteiger partial charge >= 0.3 is 12.1 Å². The highest BCUT2D eigenvalue weighted by Gasteiger charge is 2.41. The first-order chi connectivity index (χ1) is 20.2. The molecule has 2 amide bonds. The molecule has 0 aromatic heterocycles. The number of hydrogen-bond acceptors (Lipinski definition) is 7. The maximum Gasteiger partial charge on any atom is 0.416 e. The van der Waals surface area contributed by atoms with Gasteiger partial charge in [0.1, 0.15) is 12.2 Å². The predicted molar refractivity (Wildman–Crippen MR) is 169 cm³/mol. The second-order valence-corrected chi connectivity index (χ2v) is 13.0. The van der Waals surface area contributed by atoms with E-state index in [4.69, 9.17) is 14.2 Å². The quantitative estimate of drug-likeness (QED) is 0.259. The van der Waals surface area contributed by atoms with Crippen LogP contribution in [0.5, 0.6) is 0 Å². The zero-order chi connectivity index (χ0) is 32.1. The molecule has 0 saturated carbocycles. The van der Waals surface area contributed by atoms with Crippen LogP contribution in [-0.4, -0.2) is 79.4 Å². The maximum absolute atomic E-state index is 13.9. The summed E-state index contributed by atoms with van der Waals surface area (Å²) in [5, 5.41) is 0. The average Bonchev–Trinajstić information content (AvgIpc) is 3.27. The molecule has 8 heteroatoms. The van der Waals surface area contributed by atoms with Crippen molar-refractivity contribution in [3.8, 4) is 11.1 Å². The van der Waals surface area contributed by atoms with E-state index in [1.807, 2.05) is 70.8 Å². The molecule has 0 unspecified atom stereocenters. The standard InChI is InChI=1S/C35H50N2O6/c1-11-23(4)32(29(41-10)20-30(38)43-35(5,6)7)36(8)31(22(2)3)33(39)37(9)34(40)42-21-28-26-18-14-12-16-24(26)25-17-13-15-19-27(25)28/h12-19,22-23,28-29,31-32H,11,20-21H2,1-10H3/t23-,29+,31-,32-/m0/s1. The van der Waals surface area contributed by atoms with Crippen molar-refractivity contribution in [2.45, 2.75) is 91.0 Å². The highest BCUT2D eigenvalue weighted by molar-refractivity contribution is 5.95. The summed E-state index contributed by atoms with van der Waals surface area (Å²) in [5.74, 6) is -0.869. The SMILES string of the molecule is CC[C@H](C)[C@@H]([C@@H](CC(=O)OC(C)(C)C)OC)N(C)[C@H](C(=O)N(C)C(=O)OCC1c2ccccc2-c2ccccc21)C(C)C. The number of fused-ring (bicyclic) bond motifs is 3. The van der Waals surface area contributed by atoms with E-state index in [9.17, 15) is 14.4 Å². The largest absolute Gasteiger partial charge is 0.460 e. The molecule has 236 valence electrons. The van der Waals surface area contributed by atoms with Crippen molar-refractivity contribution in [2.75, 3.05) is 27.8 Å². The van der Waals surface area contributed by atoms with Crippen LogP contribution in [0, 0.1) is 11.8 Å². The lowest BCUT2D eigenvalue weighted by Crippen LogP contribution is -2.58. The average molecular weight is 595 g/mol. The molecule has 8 nitrogen and oxygen atoms in total. The second kappa shape index (κ2) is 14.5. The summed E-state index contributed by atoms with van der Waals surface area (Å²) >= 11 is 0. The van der Waals surface area contributed by atoms with E-state index >= 15 is 0 Å². The molecule has 43 heavy (non-hydrogen) atoms. The molecule has 0 radical (unpaired) electrons. The highest BCUT2D eigenvalue weighted by Crippen LogP contribution is 2.44. The Bertz CT molecular complexity index is 1220. The molecule has 1 aliphatic rings. The van der Waals surface area contributed by atoms with Gasteiger partial charge in [0.15, 0.2) is 0 Å². The lowest BCUT2D eigenvalue weighted by molar-refractivity contribution is -0.159. The van der Waals surface area contributed by atoms with E-state index in [0.29, 0.717) is 0 Å². The third-order valence-corrected chi connectivity index (χ3v) is 8.43. The Morgan fingerprint density at radius 1 is 0.907 bits per heavy atom. The number of hydrogen-bond donors (Lipinski definition) is 0. The van der Waals surface area contributed by atoms with Gasteiger partial charge in [-0.05, 0) is 61.9 Å². The number of amides is 2. The molecule has 0 heterocycles. The first kappa shape index (κ1) is 34.3. The van der Waals surface area contributed by atoms with Crippen LogP contribution < -0.4 is 0 Å². The van der Waals surface area contributed by atoms with Crippen molar-refractivity contribution in [3.05, 3.63) is 59.7 Å². The molecule has 0 aliphatic heterocycles. The van der Waals surface area contributed by atoms with Crippen LogP contribution >= 0.6 is 0 Å². The predicted octanol–water partition coefficient (Wildman–Crippen LogP) is 6.51. The summed E-state index contributed by atoms with van der Waals surface area (Å²) in [5.41, 5.74) is 3.88. The van der Waals surface area contributed by atoms with Gasteiger partial charge in [0.05, 0.1) is 18.6 Å². The molecule has 3 rings (SSSR count). The van der Waals surface area contributed by atoms with E-state index in [1.54, 1.807) is 7.11 Å². The minimum Gasteiger partial charge on any atom is -0.460 e. The van der Waals surface area contributed by atoms with Gasteiger partial charge in [-0.2, -0.15) is 0 Å². The van der Waals surface area contributed by atoms with Gasteiger partial charge in [0.2, 0.25) is 5.91 Å². The van der Waals surface area contributed by atoms with Crippen LogP contribution in [0.1, 0.15) is 78.4 Å². The highest BCUT2D eigenvalue weighted by atomic mass is 16.6. The molecule has 0 saturated heterocycles. The number of rotatable bonds is 12. The topological polar surface area (TPSA) is 85.4 Å². The van der Waals surface area contributed by atoms with Crippen molar-refractivity contribution in [2.24, 2.45) is 11.8 Å². The fraction of sp³-hybridized carbons (Fsp3) is 0.571. The first-order valence-corrected chi connectivity index (χ1v) is 15.3. The summed E-state index contributed by atoms with van der Waals surface area (Å²) in [4.78, 5) is 43.1. The van der Waals surface area contributed by atoms with Crippen LogP contribution in [0.2, 0.25) is 0 Å². The van der Waals surface area contributed by atoms with Crippen LogP contribution in [0.15, 0.2) is 48.5 Å². The molecular weight excluding hydrogens is 544 g/mol.